The van der Waals surface area contributed by atoms with Gasteiger partial charge in [-0.1, -0.05) is 6.42 Å². The zero-order valence-electron chi connectivity index (χ0n) is 10.8. The molecule has 2 heterocycles. The number of carbonyl (C=O) groups excluding carboxylic acids is 1. The molecular formula is C14H18FN3O. The van der Waals surface area contributed by atoms with Crippen LogP contribution in [0.15, 0.2) is 18.3 Å². The van der Waals surface area contributed by atoms with Gasteiger partial charge in [-0.05, 0) is 36.8 Å². The second-order valence-corrected chi connectivity index (χ2v) is 5.59. The predicted octanol–water partition coefficient (Wildman–Crippen LogP) is 1.42. The van der Waals surface area contributed by atoms with Gasteiger partial charge in [-0.15, -0.1) is 0 Å². The van der Waals surface area contributed by atoms with Crippen molar-refractivity contribution in [2.75, 3.05) is 13.1 Å². The number of rotatable bonds is 1. The highest BCUT2D eigenvalue weighted by atomic mass is 19.1. The van der Waals surface area contributed by atoms with Crippen LogP contribution >= 0.6 is 0 Å². The molecule has 102 valence electrons. The van der Waals surface area contributed by atoms with Crippen LogP contribution in [0, 0.1) is 17.7 Å². The molecule has 1 aromatic rings. The molecule has 4 nitrogen and oxygen atoms in total. The Morgan fingerprint density at radius 1 is 1.37 bits per heavy atom. The molecule has 3 atom stereocenters. The molecule has 1 aliphatic carbocycles. The van der Waals surface area contributed by atoms with E-state index in [-0.39, 0.29) is 11.9 Å². The second kappa shape index (κ2) is 4.89. The van der Waals surface area contributed by atoms with Crippen molar-refractivity contribution in [2.45, 2.75) is 25.3 Å². The van der Waals surface area contributed by atoms with Crippen LogP contribution in [0.3, 0.4) is 0 Å². The number of likely N-dealkylation sites (tertiary alicyclic amines) is 1. The van der Waals surface area contributed by atoms with Crippen molar-refractivity contribution in [1.82, 2.24) is 9.88 Å². The van der Waals surface area contributed by atoms with Gasteiger partial charge in [0.05, 0.1) is 6.20 Å². The Labute approximate surface area is 111 Å². The van der Waals surface area contributed by atoms with Crippen molar-refractivity contribution in [1.29, 1.82) is 0 Å². The lowest BCUT2D eigenvalue weighted by Crippen LogP contribution is -2.38. The normalized spacial score (nSPS) is 30.2. The minimum absolute atomic E-state index is 0.110. The smallest absolute Gasteiger partial charge is 0.272 e. The van der Waals surface area contributed by atoms with Crippen molar-refractivity contribution < 1.29 is 9.18 Å². The third-order valence-corrected chi connectivity index (χ3v) is 4.39. The first-order chi connectivity index (χ1) is 9.15. The molecule has 2 fully saturated rings. The monoisotopic (exact) mass is 263 g/mol. The molecule has 0 radical (unpaired) electrons. The lowest BCUT2D eigenvalue weighted by atomic mass is 9.78. The first kappa shape index (κ1) is 12.5. The summed E-state index contributed by atoms with van der Waals surface area (Å²) >= 11 is 0. The molecule has 1 amide bonds. The number of fused-ring (bicyclic) bond motifs is 1. The largest absolute Gasteiger partial charge is 0.337 e. The zero-order chi connectivity index (χ0) is 13.4. The second-order valence-electron chi connectivity index (χ2n) is 5.59. The van der Waals surface area contributed by atoms with Gasteiger partial charge in [0.2, 0.25) is 0 Å². The summed E-state index contributed by atoms with van der Waals surface area (Å²) in [5.41, 5.74) is 6.45. The van der Waals surface area contributed by atoms with Gasteiger partial charge in [0.25, 0.3) is 5.91 Å². The van der Waals surface area contributed by atoms with E-state index in [1.807, 2.05) is 4.90 Å². The average Bonchev–Trinajstić information content (AvgIpc) is 2.84. The van der Waals surface area contributed by atoms with E-state index in [9.17, 15) is 9.18 Å². The molecule has 1 aliphatic heterocycles. The van der Waals surface area contributed by atoms with Gasteiger partial charge in [0.15, 0.2) is 0 Å². The summed E-state index contributed by atoms with van der Waals surface area (Å²) in [6, 6.07) is 2.92. The summed E-state index contributed by atoms with van der Waals surface area (Å²) in [6.07, 6.45) is 4.44. The van der Waals surface area contributed by atoms with E-state index < -0.39 is 5.82 Å². The number of halogens is 1. The van der Waals surface area contributed by atoms with Crippen molar-refractivity contribution >= 4 is 5.91 Å². The maximum absolute atomic E-state index is 12.8. The number of nitrogens with zero attached hydrogens (tertiary/aromatic N) is 2. The van der Waals surface area contributed by atoms with Gasteiger partial charge < -0.3 is 10.6 Å². The molecule has 0 bridgehead atoms. The standard InChI is InChI=1S/C14H18FN3O/c15-10-4-5-13(17-6-10)14(19)18-7-9-2-1-3-12(16)11(9)8-18/h4-6,9,11-12H,1-3,7-8,16H2. The number of amides is 1. The Morgan fingerprint density at radius 2 is 2.21 bits per heavy atom. The van der Waals surface area contributed by atoms with E-state index in [2.05, 4.69) is 4.98 Å². The number of pyridine rings is 1. The van der Waals surface area contributed by atoms with Crippen LogP contribution in [0.5, 0.6) is 0 Å². The lowest BCUT2D eigenvalue weighted by Gasteiger charge is -2.29. The molecule has 1 saturated heterocycles. The lowest BCUT2D eigenvalue weighted by molar-refractivity contribution is 0.0777. The molecule has 1 aromatic heterocycles. The molecule has 5 heteroatoms. The van der Waals surface area contributed by atoms with Crippen LogP contribution in [-0.4, -0.2) is 34.9 Å². The maximum atomic E-state index is 12.8. The van der Waals surface area contributed by atoms with E-state index in [1.165, 1.54) is 12.1 Å². The average molecular weight is 263 g/mol. The Balaban J connectivity index is 1.73. The molecule has 0 aromatic carbocycles. The van der Waals surface area contributed by atoms with Crippen molar-refractivity contribution in [3.8, 4) is 0 Å². The molecule has 2 aliphatic rings. The number of hydrogen-bond donors (Lipinski definition) is 1. The van der Waals surface area contributed by atoms with E-state index in [1.54, 1.807) is 0 Å². The van der Waals surface area contributed by atoms with Crippen molar-refractivity contribution in [3.63, 3.8) is 0 Å². The van der Waals surface area contributed by atoms with Crippen LogP contribution in [0.2, 0.25) is 0 Å². The third-order valence-electron chi connectivity index (χ3n) is 4.39. The van der Waals surface area contributed by atoms with Gasteiger partial charge >= 0.3 is 0 Å². The molecule has 19 heavy (non-hydrogen) atoms. The highest BCUT2D eigenvalue weighted by Gasteiger charge is 2.40. The topological polar surface area (TPSA) is 59.2 Å². The minimum atomic E-state index is -0.423. The summed E-state index contributed by atoms with van der Waals surface area (Å²) in [4.78, 5) is 18.0. The number of hydrogen-bond acceptors (Lipinski definition) is 3. The summed E-state index contributed by atoms with van der Waals surface area (Å²) in [7, 11) is 0. The molecule has 3 unspecified atom stereocenters. The molecule has 2 N–H and O–H groups in total. The van der Waals surface area contributed by atoms with Crippen molar-refractivity contribution in [2.24, 2.45) is 17.6 Å². The third kappa shape index (κ3) is 2.34. The van der Waals surface area contributed by atoms with Crippen LogP contribution in [0.25, 0.3) is 0 Å². The first-order valence-electron chi connectivity index (χ1n) is 6.81. The Bertz CT molecular complexity index is 476. The number of carbonyl (C=O) groups is 1. The number of aromatic nitrogens is 1. The van der Waals surface area contributed by atoms with E-state index >= 15 is 0 Å². The summed E-state index contributed by atoms with van der Waals surface area (Å²) in [5, 5.41) is 0. The van der Waals surface area contributed by atoms with E-state index in [0.717, 1.165) is 32.0 Å². The maximum Gasteiger partial charge on any atom is 0.272 e. The first-order valence-corrected chi connectivity index (χ1v) is 6.81. The SMILES string of the molecule is NC1CCCC2CN(C(=O)c3ccc(F)cn3)CC12. The van der Waals surface area contributed by atoms with E-state index in [0.29, 0.717) is 24.1 Å². The Kier molecular flexibility index (Phi) is 3.22. The zero-order valence-corrected chi connectivity index (χ0v) is 10.8. The van der Waals surface area contributed by atoms with Gasteiger partial charge in [0.1, 0.15) is 11.5 Å². The van der Waals surface area contributed by atoms with Crippen LogP contribution in [0.4, 0.5) is 4.39 Å². The van der Waals surface area contributed by atoms with Crippen LogP contribution in [-0.2, 0) is 0 Å². The quantitative estimate of drug-likeness (QED) is 0.833. The molecule has 3 rings (SSSR count). The van der Waals surface area contributed by atoms with Crippen LogP contribution < -0.4 is 5.73 Å². The fourth-order valence-corrected chi connectivity index (χ4v) is 3.35. The minimum Gasteiger partial charge on any atom is -0.337 e. The highest BCUT2D eigenvalue weighted by molar-refractivity contribution is 5.92. The highest BCUT2D eigenvalue weighted by Crippen LogP contribution is 2.35. The molecule has 0 spiro atoms. The van der Waals surface area contributed by atoms with Gasteiger partial charge in [0, 0.05) is 19.1 Å². The predicted molar refractivity (Wildman–Crippen MR) is 68.9 cm³/mol. The fraction of sp³-hybridized carbons (Fsp3) is 0.571. The molecular weight excluding hydrogens is 245 g/mol. The Morgan fingerprint density at radius 3 is 2.89 bits per heavy atom. The number of nitrogens with two attached hydrogens (primary N) is 1. The fourth-order valence-electron chi connectivity index (χ4n) is 3.35. The summed E-state index contributed by atoms with van der Waals surface area (Å²) in [6.45, 7) is 1.47. The molecule has 1 saturated carbocycles. The van der Waals surface area contributed by atoms with Gasteiger partial charge in [-0.25, -0.2) is 9.37 Å². The van der Waals surface area contributed by atoms with Crippen LogP contribution in [0.1, 0.15) is 29.8 Å². The van der Waals surface area contributed by atoms with Crippen molar-refractivity contribution in [3.05, 3.63) is 29.8 Å². The summed E-state index contributed by atoms with van der Waals surface area (Å²) < 4.78 is 12.8. The van der Waals surface area contributed by atoms with E-state index in [4.69, 9.17) is 5.73 Å². The van der Waals surface area contributed by atoms with Gasteiger partial charge in [-0.2, -0.15) is 0 Å². The van der Waals surface area contributed by atoms with Gasteiger partial charge in [-0.3, -0.25) is 4.79 Å². The Hall–Kier alpha value is -1.49. The summed E-state index contributed by atoms with van der Waals surface area (Å²) in [5.74, 6) is 0.404.